The molecule has 0 aromatic heterocycles. The summed E-state index contributed by atoms with van der Waals surface area (Å²) in [5, 5.41) is 19.3. The Labute approximate surface area is 109 Å². The highest BCUT2D eigenvalue weighted by Gasteiger charge is 2.30. The van der Waals surface area contributed by atoms with Gasteiger partial charge < -0.3 is 5.11 Å². The van der Waals surface area contributed by atoms with Crippen molar-refractivity contribution in [3.63, 3.8) is 0 Å². The number of hydrogen-bond acceptors (Lipinski definition) is 2. The van der Waals surface area contributed by atoms with E-state index in [1.54, 1.807) is 18.2 Å². The lowest BCUT2D eigenvalue weighted by Gasteiger charge is -2.25. The third-order valence-corrected chi connectivity index (χ3v) is 3.03. The third-order valence-electron chi connectivity index (χ3n) is 3.03. The average Bonchev–Trinajstić information content (AvgIpc) is 2.41. The molecular weight excluding hydrogens is 248 g/mol. The molecule has 0 saturated heterocycles. The molecule has 0 aliphatic carbocycles. The Morgan fingerprint density at radius 1 is 1.16 bits per heavy atom. The minimum Gasteiger partial charge on any atom is -0.381 e. The van der Waals surface area contributed by atoms with E-state index in [2.05, 4.69) is 0 Å². The van der Waals surface area contributed by atoms with Crippen molar-refractivity contribution in [1.29, 1.82) is 5.26 Å². The highest BCUT2D eigenvalue weighted by atomic mass is 19.2. The van der Waals surface area contributed by atoms with Gasteiger partial charge in [-0.05, 0) is 30.7 Å². The van der Waals surface area contributed by atoms with E-state index in [0.717, 1.165) is 6.07 Å². The summed E-state index contributed by atoms with van der Waals surface area (Å²) in [5.74, 6) is -2.11. The first kappa shape index (κ1) is 13.2. The van der Waals surface area contributed by atoms with Crippen molar-refractivity contribution in [2.45, 2.75) is 12.5 Å². The van der Waals surface area contributed by atoms with Crippen molar-refractivity contribution in [3.8, 4) is 6.07 Å². The molecule has 0 amide bonds. The number of halogens is 2. The minimum absolute atomic E-state index is 0.164. The van der Waals surface area contributed by atoms with Crippen LogP contribution in [0.1, 0.15) is 23.6 Å². The van der Waals surface area contributed by atoms with Crippen molar-refractivity contribution in [3.05, 3.63) is 70.8 Å². The molecule has 2 aromatic rings. The SMILES string of the molecule is CC(O)(c1cccc(C#N)c1)c1cccc(F)c1F. The number of nitriles is 1. The highest BCUT2D eigenvalue weighted by molar-refractivity contribution is 5.41. The summed E-state index contributed by atoms with van der Waals surface area (Å²) >= 11 is 0. The fraction of sp³-hybridized carbons (Fsp3) is 0.133. The molecule has 1 unspecified atom stereocenters. The summed E-state index contributed by atoms with van der Waals surface area (Å²) in [5.41, 5.74) is -1.20. The summed E-state index contributed by atoms with van der Waals surface area (Å²) in [6.07, 6.45) is 0. The topological polar surface area (TPSA) is 44.0 Å². The van der Waals surface area contributed by atoms with Crippen LogP contribution in [0.25, 0.3) is 0 Å². The summed E-state index contributed by atoms with van der Waals surface area (Å²) in [7, 11) is 0. The first-order valence-electron chi connectivity index (χ1n) is 5.64. The van der Waals surface area contributed by atoms with Gasteiger partial charge in [0.15, 0.2) is 11.6 Å². The zero-order valence-corrected chi connectivity index (χ0v) is 10.2. The predicted octanol–water partition coefficient (Wildman–Crippen LogP) is 3.09. The predicted molar refractivity (Wildman–Crippen MR) is 66.2 cm³/mol. The van der Waals surface area contributed by atoms with E-state index in [1.165, 1.54) is 25.1 Å². The molecule has 0 saturated carbocycles. The molecule has 0 spiro atoms. The molecule has 2 nitrogen and oxygen atoms in total. The maximum Gasteiger partial charge on any atom is 0.165 e. The van der Waals surface area contributed by atoms with Crippen molar-refractivity contribution in [2.24, 2.45) is 0 Å². The molecule has 2 aromatic carbocycles. The van der Waals surface area contributed by atoms with Crippen molar-refractivity contribution in [1.82, 2.24) is 0 Å². The van der Waals surface area contributed by atoms with Gasteiger partial charge in [0.25, 0.3) is 0 Å². The number of hydrogen-bond donors (Lipinski definition) is 1. The molecule has 0 aliphatic heterocycles. The zero-order valence-electron chi connectivity index (χ0n) is 10.2. The van der Waals surface area contributed by atoms with E-state index in [0.29, 0.717) is 11.1 Å². The van der Waals surface area contributed by atoms with Gasteiger partial charge in [-0.3, -0.25) is 0 Å². The maximum atomic E-state index is 13.8. The highest BCUT2D eigenvalue weighted by Crippen LogP contribution is 2.32. The Morgan fingerprint density at radius 2 is 1.84 bits per heavy atom. The molecule has 0 fully saturated rings. The average molecular weight is 259 g/mol. The first-order valence-corrected chi connectivity index (χ1v) is 5.64. The lowest BCUT2D eigenvalue weighted by atomic mass is 9.87. The van der Waals surface area contributed by atoms with Gasteiger partial charge in [-0.1, -0.05) is 24.3 Å². The third kappa shape index (κ3) is 2.33. The number of nitrogens with zero attached hydrogens (tertiary/aromatic N) is 1. The lowest BCUT2D eigenvalue weighted by molar-refractivity contribution is 0.0970. The Kier molecular flexibility index (Phi) is 3.32. The van der Waals surface area contributed by atoms with Crippen molar-refractivity contribution < 1.29 is 13.9 Å². The van der Waals surface area contributed by atoms with E-state index in [-0.39, 0.29) is 5.56 Å². The van der Waals surface area contributed by atoms with E-state index in [9.17, 15) is 13.9 Å². The van der Waals surface area contributed by atoms with E-state index >= 15 is 0 Å². The van der Waals surface area contributed by atoms with Crippen LogP contribution >= 0.6 is 0 Å². The van der Waals surface area contributed by atoms with E-state index < -0.39 is 17.2 Å². The smallest absolute Gasteiger partial charge is 0.165 e. The van der Waals surface area contributed by atoms with Crippen LogP contribution in [-0.2, 0) is 5.60 Å². The first-order chi connectivity index (χ1) is 8.96. The molecule has 0 radical (unpaired) electrons. The molecule has 1 atom stereocenters. The van der Waals surface area contributed by atoms with Gasteiger partial charge in [0.1, 0.15) is 5.60 Å². The van der Waals surface area contributed by atoms with E-state index in [4.69, 9.17) is 5.26 Å². The zero-order chi connectivity index (χ0) is 14.0. The number of rotatable bonds is 2. The van der Waals surface area contributed by atoms with Gasteiger partial charge in [-0.25, -0.2) is 8.78 Å². The van der Waals surface area contributed by atoms with Gasteiger partial charge in [-0.15, -0.1) is 0 Å². The van der Waals surface area contributed by atoms with Gasteiger partial charge >= 0.3 is 0 Å². The van der Waals surface area contributed by atoms with Crippen molar-refractivity contribution in [2.75, 3.05) is 0 Å². The molecule has 96 valence electrons. The Bertz CT molecular complexity index is 659. The summed E-state index contributed by atoms with van der Waals surface area (Å²) in [6, 6.07) is 11.7. The van der Waals surface area contributed by atoms with Crippen LogP contribution in [-0.4, -0.2) is 5.11 Å². The largest absolute Gasteiger partial charge is 0.381 e. The molecule has 4 heteroatoms. The summed E-state index contributed by atoms with van der Waals surface area (Å²) in [4.78, 5) is 0. The standard InChI is InChI=1S/C15H11F2NO/c1-15(19,11-5-2-4-10(8-11)9-18)12-6-3-7-13(16)14(12)17/h2-8,19H,1H3. The van der Waals surface area contributed by atoms with Crippen LogP contribution in [0.5, 0.6) is 0 Å². The Morgan fingerprint density at radius 3 is 2.53 bits per heavy atom. The second-order valence-corrected chi connectivity index (χ2v) is 4.37. The van der Waals surface area contributed by atoms with E-state index in [1.807, 2.05) is 6.07 Å². The lowest BCUT2D eigenvalue weighted by Crippen LogP contribution is -2.24. The number of aliphatic hydroxyl groups is 1. The van der Waals surface area contributed by atoms with Crippen LogP contribution in [0, 0.1) is 23.0 Å². The Balaban J connectivity index is 2.58. The van der Waals surface area contributed by atoms with Crippen LogP contribution in [0.4, 0.5) is 8.78 Å². The second kappa shape index (κ2) is 4.79. The molecule has 1 N–H and O–H groups in total. The molecule has 0 aliphatic rings. The molecule has 19 heavy (non-hydrogen) atoms. The molecule has 0 heterocycles. The second-order valence-electron chi connectivity index (χ2n) is 4.37. The molecule has 2 rings (SSSR count). The van der Waals surface area contributed by atoms with Gasteiger partial charge in [0.2, 0.25) is 0 Å². The fourth-order valence-corrected chi connectivity index (χ4v) is 1.93. The minimum atomic E-state index is -1.71. The van der Waals surface area contributed by atoms with Gasteiger partial charge in [0, 0.05) is 5.56 Å². The van der Waals surface area contributed by atoms with Crippen LogP contribution < -0.4 is 0 Å². The van der Waals surface area contributed by atoms with Crippen molar-refractivity contribution >= 4 is 0 Å². The molecule has 0 bridgehead atoms. The Hall–Kier alpha value is -2.25. The fourth-order valence-electron chi connectivity index (χ4n) is 1.93. The monoisotopic (exact) mass is 259 g/mol. The van der Waals surface area contributed by atoms with Gasteiger partial charge in [0.05, 0.1) is 11.6 Å². The van der Waals surface area contributed by atoms with Gasteiger partial charge in [-0.2, -0.15) is 5.26 Å². The molecular formula is C15H11F2NO. The maximum absolute atomic E-state index is 13.8. The van der Waals surface area contributed by atoms with Crippen LogP contribution in [0.15, 0.2) is 42.5 Å². The van der Waals surface area contributed by atoms with Crippen LogP contribution in [0.2, 0.25) is 0 Å². The van der Waals surface area contributed by atoms with Crippen LogP contribution in [0.3, 0.4) is 0 Å². The normalized spacial score (nSPS) is 13.6. The number of benzene rings is 2. The quantitative estimate of drug-likeness (QED) is 0.900. The summed E-state index contributed by atoms with van der Waals surface area (Å²) in [6.45, 7) is 1.36. The summed E-state index contributed by atoms with van der Waals surface area (Å²) < 4.78 is 27.0.